The monoisotopic (exact) mass is 439 g/mol. The molecule has 0 aliphatic carbocycles. The van der Waals surface area contributed by atoms with Gasteiger partial charge in [-0.1, -0.05) is 64.7 Å². The lowest BCUT2D eigenvalue weighted by molar-refractivity contribution is -0.299. The van der Waals surface area contributed by atoms with E-state index in [0.717, 1.165) is 12.8 Å². The number of hydrogen-bond acceptors (Lipinski definition) is 8. The van der Waals surface area contributed by atoms with Gasteiger partial charge in [-0.15, -0.1) is 9.60 Å². The van der Waals surface area contributed by atoms with Gasteiger partial charge < -0.3 is 35.0 Å². The number of halogens is 1. The minimum atomic E-state index is -1.57. The lowest BCUT2D eigenvalue weighted by atomic mass is 9.99. The van der Waals surface area contributed by atoms with Crippen molar-refractivity contribution in [2.75, 3.05) is 26.3 Å². The van der Waals surface area contributed by atoms with Crippen LogP contribution in [0.1, 0.15) is 71.1 Å². The van der Waals surface area contributed by atoms with E-state index < -0.39 is 43.4 Å². The van der Waals surface area contributed by atoms with Crippen LogP contribution in [-0.2, 0) is 9.47 Å². The van der Waals surface area contributed by atoms with Crippen molar-refractivity contribution in [1.29, 1.82) is 0 Å². The molecule has 1 heterocycles. The van der Waals surface area contributed by atoms with E-state index in [9.17, 15) is 24.9 Å². The van der Waals surface area contributed by atoms with Crippen LogP contribution in [0, 0.1) is 0 Å². The number of nitrogens with zero attached hydrogens (tertiary/aromatic N) is 1. The first-order valence-electron chi connectivity index (χ1n) is 11.4. The highest BCUT2D eigenvalue weighted by molar-refractivity contribution is 4.89. The van der Waals surface area contributed by atoms with Crippen molar-refractivity contribution >= 4 is 0 Å². The van der Waals surface area contributed by atoms with Crippen LogP contribution >= 0.6 is 0 Å². The molecule has 6 atom stereocenters. The van der Waals surface area contributed by atoms with E-state index in [1.54, 1.807) is 0 Å². The maximum absolute atomic E-state index is 13.9. The Morgan fingerprint density at radius 3 is 2.07 bits per heavy atom. The molecule has 0 bridgehead atoms. The van der Waals surface area contributed by atoms with Crippen molar-refractivity contribution < 1.29 is 39.5 Å². The fraction of sp³-hybridized carbons (Fsp3) is 1.00. The maximum atomic E-state index is 13.9. The Labute approximate surface area is 179 Å². The molecule has 0 aromatic heterocycles. The van der Waals surface area contributed by atoms with Crippen LogP contribution in [0.2, 0.25) is 0 Å². The van der Waals surface area contributed by atoms with E-state index in [1.807, 2.05) is 0 Å². The molecule has 30 heavy (non-hydrogen) atoms. The summed E-state index contributed by atoms with van der Waals surface area (Å²) in [5, 5.41) is 49.1. The SMILES string of the molecule is CCCCCCCCCCCCN(F)CC(O)CO[C@@H]1[C@@H](O)[C@@H](O)[C@@H](CO)O[C@H]1O. The van der Waals surface area contributed by atoms with Crippen molar-refractivity contribution in [3.05, 3.63) is 0 Å². The van der Waals surface area contributed by atoms with Crippen LogP contribution in [0.3, 0.4) is 0 Å². The second kappa shape index (κ2) is 16.3. The molecule has 180 valence electrons. The van der Waals surface area contributed by atoms with E-state index in [1.165, 1.54) is 44.9 Å². The summed E-state index contributed by atoms with van der Waals surface area (Å²) < 4.78 is 24.1. The van der Waals surface area contributed by atoms with Gasteiger partial charge in [0.2, 0.25) is 0 Å². The average Bonchev–Trinajstić information content (AvgIpc) is 2.71. The molecule has 8 nitrogen and oxygen atoms in total. The van der Waals surface area contributed by atoms with E-state index >= 15 is 0 Å². The molecule has 1 saturated heterocycles. The molecule has 1 fully saturated rings. The fourth-order valence-corrected chi connectivity index (χ4v) is 3.62. The number of aliphatic hydroxyl groups is 5. The molecule has 1 rings (SSSR count). The Balaban J connectivity index is 2.09. The Morgan fingerprint density at radius 1 is 0.933 bits per heavy atom. The van der Waals surface area contributed by atoms with Crippen LogP contribution < -0.4 is 0 Å². The Kier molecular flexibility index (Phi) is 15.0. The van der Waals surface area contributed by atoms with Gasteiger partial charge in [-0.3, -0.25) is 0 Å². The van der Waals surface area contributed by atoms with Gasteiger partial charge in [-0.2, -0.15) is 0 Å². The molecule has 1 aliphatic heterocycles. The lowest BCUT2D eigenvalue weighted by Gasteiger charge is -2.40. The number of hydrogen-bond donors (Lipinski definition) is 5. The van der Waals surface area contributed by atoms with Crippen LogP contribution in [0.5, 0.6) is 0 Å². The third-order valence-electron chi connectivity index (χ3n) is 5.49. The summed E-state index contributed by atoms with van der Waals surface area (Å²) in [4.78, 5) is 0. The van der Waals surface area contributed by atoms with Crippen LogP contribution in [0.25, 0.3) is 0 Å². The molecule has 1 unspecified atom stereocenters. The topological polar surface area (TPSA) is 123 Å². The molecule has 0 spiro atoms. The first-order chi connectivity index (χ1) is 14.4. The first kappa shape index (κ1) is 27.6. The van der Waals surface area contributed by atoms with E-state index in [2.05, 4.69) is 6.92 Å². The predicted octanol–water partition coefficient (Wildman–Crippen LogP) is 1.27. The minimum Gasteiger partial charge on any atom is -0.394 e. The summed E-state index contributed by atoms with van der Waals surface area (Å²) in [5.74, 6) is 0. The van der Waals surface area contributed by atoms with Gasteiger partial charge in [0.1, 0.15) is 24.4 Å². The maximum Gasteiger partial charge on any atom is 0.184 e. The fourth-order valence-electron chi connectivity index (χ4n) is 3.62. The molecular formula is C21H42FNO7. The van der Waals surface area contributed by atoms with Crippen molar-refractivity contribution in [3.63, 3.8) is 0 Å². The highest BCUT2D eigenvalue weighted by atomic mass is 19.2. The third kappa shape index (κ3) is 10.8. The minimum absolute atomic E-state index is 0.224. The van der Waals surface area contributed by atoms with E-state index in [0.29, 0.717) is 11.5 Å². The van der Waals surface area contributed by atoms with Crippen molar-refractivity contribution in [3.8, 4) is 0 Å². The summed E-state index contributed by atoms with van der Waals surface area (Å²) in [6, 6.07) is 0. The molecule has 5 N–H and O–H groups in total. The van der Waals surface area contributed by atoms with Gasteiger partial charge in [0, 0.05) is 6.54 Å². The lowest BCUT2D eigenvalue weighted by Crippen LogP contribution is -2.59. The van der Waals surface area contributed by atoms with Crippen molar-refractivity contribution in [1.82, 2.24) is 5.12 Å². The summed E-state index contributed by atoms with van der Waals surface area (Å²) in [6.07, 6.45) is 3.52. The van der Waals surface area contributed by atoms with Gasteiger partial charge in [0.25, 0.3) is 0 Å². The van der Waals surface area contributed by atoms with Gasteiger partial charge >= 0.3 is 0 Å². The quantitative estimate of drug-likeness (QED) is 0.170. The zero-order valence-corrected chi connectivity index (χ0v) is 18.2. The zero-order valence-electron chi connectivity index (χ0n) is 18.2. The van der Waals surface area contributed by atoms with Gasteiger partial charge in [0.15, 0.2) is 6.29 Å². The summed E-state index contributed by atoms with van der Waals surface area (Å²) in [5.41, 5.74) is 0. The molecule has 0 aromatic carbocycles. The molecule has 1 aliphatic rings. The molecule has 0 saturated carbocycles. The van der Waals surface area contributed by atoms with Gasteiger partial charge in [-0.25, -0.2) is 0 Å². The Hall–Kier alpha value is -0.390. The summed E-state index contributed by atoms with van der Waals surface area (Å²) in [7, 11) is 0. The molecule has 0 radical (unpaired) electrons. The number of aliphatic hydroxyl groups excluding tert-OH is 5. The van der Waals surface area contributed by atoms with E-state index in [-0.39, 0.29) is 19.7 Å². The first-order valence-corrected chi connectivity index (χ1v) is 11.4. The summed E-state index contributed by atoms with van der Waals surface area (Å²) >= 11 is 0. The number of rotatable bonds is 17. The molecule has 9 heteroatoms. The summed E-state index contributed by atoms with van der Waals surface area (Å²) in [6.45, 7) is 1.28. The average molecular weight is 440 g/mol. The van der Waals surface area contributed by atoms with Crippen LogP contribution in [0.15, 0.2) is 0 Å². The van der Waals surface area contributed by atoms with Crippen LogP contribution in [-0.4, -0.2) is 93.8 Å². The molecule has 0 aromatic rings. The van der Waals surface area contributed by atoms with Crippen LogP contribution in [0.4, 0.5) is 4.48 Å². The number of unbranched alkanes of at least 4 members (excludes halogenated alkanes) is 9. The van der Waals surface area contributed by atoms with Gasteiger partial charge in [0.05, 0.1) is 25.9 Å². The standard InChI is InChI=1S/C21H42FNO7/c1-2-3-4-5-6-7-8-9-10-11-12-23(22)13-16(25)15-29-20-19(27)18(26)17(14-24)30-21(20)28/h16-21,24-28H,2-15H2,1H3/t16?,17-,18+,19+,20-,21-/m1/s1. The largest absolute Gasteiger partial charge is 0.394 e. The predicted molar refractivity (Wildman–Crippen MR) is 110 cm³/mol. The third-order valence-corrected chi connectivity index (χ3v) is 5.49. The number of ether oxygens (including phenoxy) is 2. The Morgan fingerprint density at radius 2 is 1.50 bits per heavy atom. The second-order valence-electron chi connectivity index (χ2n) is 8.23. The van der Waals surface area contributed by atoms with Crippen molar-refractivity contribution in [2.45, 2.75) is 108 Å². The zero-order chi connectivity index (χ0) is 22.4. The highest BCUT2D eigenvalue weighted by Gasteiger charge is 2.44. The smallest absolute Gasteiger partial charge is 0.184 e. The molecular weight excluding hydrogens is 397 g/mol. The molecule has 0 amide bonds. The van der Waals surface area contributed by atoms with E-state index in [4.69, 9.17) is 14.6 Å². The Bertz CT molecular complexity index is 421. The second-order valence-corrected chi connectivity index (χ2v) is 8.23. The highest BCUT2D eigenvalue weighted by Crippen LogP contribution is 2.22. The normalized spacial score (nSPS) is 28.2. The van der Waals surface area contributed by atoms with Gasteiger partial charge in [-0.05, 0) is 6.42 Å². The van der Waals surface area contributed by atoms with Crippen molar-refractivity contribution in [2.24, 2.45) is 0 Å².